The first-order chi connectivity index (χ1) is 35.0. The summed E-state index contributed by atoms with van der Waals surface area (Å²) in [6.07, 6.45) is 76.2. The zero-order chi connectivity index (χ0) is 51.4. The lowest BCUT2D eigenvalue weighted by atomic mass is 10.0. The molecule has 6 nitrogen and oxygen atoms in total. The molecular formula is C65H114O6. The van der Waals surface area contributed by atoms with Crippen LogP contribution in [0, 0.1) is 0 Å². The Bertz CT molecular complexity index is 1320. The Morgan fingerprint density at radius 3 is 0.901 bits per heavy atom. The molecular weight excluding hydrogens is 877 g/mol. The SMILES string of the molecule is CC/C=C\C/C=C\C/C=C\C/C=C\C/C=C\CCCCCCCCCCCCCCCC(=O)OCC(COC(=O)CCCCCCCCCCCCCC)OC(=O)CCCCCCC/C=C\CCCCC. The molecule has 1 atom stereocenters. The van der Waals surface area contributed by atoms with Crippen molar-refractivity contribution >= 4 is 17.9 Å². The molecule has 0 saturated heterocycles. The lowest BCUT2D eigenvalue weighted by Crippen LogP contribution is -2.30. The van der Waals surface area contributed by atoms with Crippen LogP contribution < -0.4 is 0 Å². The van der Waals surface area contributed by atoms with Crippen molar-refractivity contribution in [2.75, 3.05) is 13.2 Å². The normalized spacial score (nSPS) is 12.5. The maximum Gasteiger partial charge on any atom is 0.306 e. The molecule has 0 aromatic carbocycles. The van der Waals surface area contributed by atoms with Gasteiger partial charge in [0.2, 0.25) is 0 Å². The van der Waals surface area contributed by atoms with E-state index < -0.39 is 6.10 Å². The molecule has 0 aliphatic carbocycles. The average Bonchev–Trinajstić information content (AvgIpc) is 3.37. The molecule has 0 spiro atoms. The van der Waals surface area contributed by atoms with E-state index in [0.29, 0.717) is 19.3 Å². The Morgan fingerprint density at radius 1 is 0.296 bits per heavy atom. The summed E-state index contributed by atoms with van der Waals surface area (Å²) in [6.45, 7) is 6.51. The van der Waals surface area contributed by atoms with Gasteiger partial charge in [-0.3, -0.25) is 14.4 Å². The Hall–Kier alpha value is -3.15. The highest BCUT2D eigenvalue weighted by molar-refractivity contribution is 5.71. The zero-order valence-corrected chi connectivity index (χ0v) is 47.0. The number of allylic oxidation sites excluding steroid dienone is 12. The molecule has 0 rings (SSSR count). The molecule has 0 aromatic rings. The molecule has 0 aromatic heterocycles. The highest BCUT2D eigenvalue weighted by Crippen LogP contribution is 2.16. The third kappa shape index (κ3) is 57.6. The minimum absolute atomic E-state index is 0.0749. The van der Waals surface area contributed by atoms with Crippen molar-refractivity contribution in [3.8, 4) is 0 Å². The van der Waals surface area contributed by atoms with Gasteiger partial charge in [0.1, 0.15) is 13.2 Å². The van der Waals surface area contributed by atoms with Crippen LogP contribution in [0.2, 0.25) is 0 Å². The summed E-state index contributed by atoms with van der Waals surface area (Å²) in [5.74, 6) is -0.875. The first kappa shape index (κ1) is 67.8. The van der Waals surface area contributed by atoms with Crippen LogP contribution in [-0.2, 0) is 28.6 Å². The molecule has 0 radical (unpaired) electrons. The molecule has 0 aliphatic rings. The van der Waals surface area contributed by atoms with E-state index in [1.54, 1.807) is 0 Å². The van der Waals surface area contributed by atoms with Gasteiger partial charge in [0.15, 0.2) is 6.10 Å². The van der Waals surface area contributed by atoms with Crippen LogP contribution >= 0.6 is 0 Å². The van der Waals surface area contributed by atoms with E-state index in [4.69, 9.17) is 14.2 Å². The second-order valence-electron chi connectivity index (χ2n) is 20.2. The Labute approximate surface area is 440 Å². The fourth-order valence-electron chi connectivity index (χ4n) is 8.64. The third-order valence-corrected chi connectivity index (χ3v) is 13.2. The van der Waals surface area contributed by atoms with Gasteiger partial charge in [0, 0.05) is 19.3 Å². The van der Waals surface area contributed by atoms with Gasteiger partial charge in [-0.15, -0.1) is 0 Å². The molecule has 0 amide bonds. The van der Waals surface area contributed by atoms with Crippen molar-refractivity contribution in [2.24, 2.45) is 0 Å². The summed E-state index contributed by atoms with van der Waals surface area (Å²) in [5.41, 5.74) is 0. The summed E-state index contributed by atoms with van der Waals surface area (Å²) < 4.78 is 16.9. The van der Waals surface area contributed by atoms with Gasteiger partial charge >= 0.3 is 17.9 Å². The highest BCUT2D eigenvalue weighted by Gasteiger charge is 2.19. The van der Waals surface area contributed by atoms with Gasteiger partial charge < -0.3 is 14.2 Å². The van der Waals surface area contributed by atoms with Gasteiger partial charge in [0.05, 0.1) is 0 Å². The van der Waals surface area contributed by atoms with Crippen LogP contribution in [-0.4, -0.2) is 37.2 Å². The van der Waals surface area contributed by atoms with Crippen molar-refractivity contribution < 1.29 is 28.6 Å². The highest BCUT2D eigenvalue weighted by atomic mass is 16.6. The Kier molecular flexibility index (Phi) is 56.8. The van der Waals surface area contributed by atoms with Crippen LogP contribution in [0.3, 0.4) is 0 Å². The van der Waals surface area contributed by atoms with Gasteiger partial charge in [0.25, 0.3) is 0 Å². The van der Waals surface area contributed by atoms with E-state index in [1.807, 2.05) is 0 Å². The lowest BCUT2D eigenvalue weighted by molar-refractivity contribution is -0.167. The number of hydrogen-bond acceptors (Lipinski definition) is 6. The number of esters is 3. The predicted molar refractivity (Wildman–Crippen MR) is 307 cm³/mol. The van der Waals surface area contributed by atoms with Crippen LogP contribution in [0.25, 0.3) is 0 Å². The third-order valence-electron chi connectivity index (χ3n) is 13.2. The van der Waals surface area contributed by atoms with Crippen molar-refractivity contribution in [2.45, 2.75) is 309 Å². The second kappa shape index (κ2) is 59.4. The minimum Gasteiger partial charge on any atom is -0.462 e. The predicted octanol–water partition coefficient (Wildman–Crippen LogP) is 20.5. The van der Waals surface area contributed by atoms with E-state index in [0.717, 1.165) is 103 Å². The number of unbranched alkanes of at least 4 members (excludes halogenated alkanes) is 32. The maximum atomic E-state index is 12.8. The van der Waals surface area contributed by atoms with E-state index in [-0.39, 0.29) is 31.1 Å². The van der Waals surface area contributed by atoms with Gasteiger partial charge in [-0.25, -0.2) is 0 Å². The second-order valence-corrected chi connectivity index (χ2v) is 20.2. The van der Waals surface area contributed by atoms with Crippen molar-refractivity contribution in [1.29, 1.82) is 0 Å². The molecule has 0 aliphatic heterocycles. The number of carbonyl (C=O) groups is 3. The molecule has 0 heterocycles. The molecule has 6 heteroatoms. The van der Waals surface area contributed by atoms with E-state index in [9.17, 15) is 14.4 Å². The standard InChI is InChI=1S/C65H114O6/c1-4-7-10-13-16-19-22-25-26-27-28-29-30-31-32-33-34-35-36-37-38-39-40-41-44-46-49-52-55-58-64(67)70-61-62(71-65(68)59-56-53-50-47-43-24-21-18-15-12-9-6-3)60-69-63(66)57-54-51-48-45-42-23-20-17-14-11-8-5-2/h7,10,16,18-19,21,25-26,28-29,31-32,62H,4-6,8-9,11-15,17,20,22-24,27,30,33-61H2,1-3H3/b10-7-,19-16-,21-18-,26-25-,29-28-,32-31-. The van der Waals surface area contributed by atoms with E-state index in [1.165, 1.54) is 161 Å². The van der Waals surface area contributed by atoms with Crippen molar-refractivity contribution in [1.82, 2.24) is 0 Å². The zero-order valence-electron chi connectivity index (χ0n) is 47.0. The van der Waals surface area contributed by atoms with Crippen LogP contribution in [0.4, 0.5) is 0 Å². The first-order valence-corrected chi connectivity index (χ1v) is 30.4. The quantitative estimate of drug-likeness (QED) is 0.0261. The average molecular weight is 992 g/mol. The van der Waals surface area contributed by atoms with Crippen LogP contribution in [0.5, 0.6) is 0 Å². The summed E-state index contributed by atoms with van der Waals surface area (Å²) in [6, 6.07) is 0. The molecule has 0 saturated carbocycles. The van der Waals surface area contributed by atoms with Crippen molar-refractivity contribution in [3.63, 3.8) is 0 Å². The molecule has 0 fully saturated rings. The summed E-state index contributed by atoms with van der Waals surface area (Å²) >= 11 is 0. The smallest absolute Gasteiger partial charge is 0.306 e. The lowest BCUT2D eigenvalue weighted by Gasteiger charge is -2.18. The fraction of sp³-hybridized carbons (Fsp3) is 0.769. The van der Waals surface area contributed by atoms with Gasteiger partial charge in [-0.05, 0) is 89.9 Å². The molecule has 0 bridgehead atoms. The minimum atomic E-state index is -0.776. The van der Waals surface area contributed by atoms with Crippen LogP contribution in [0.1, 0.15) is 303 Å². The van der Waals surface area contributed by atoms with Gasteiger partial charge in [-0.1, -0.05) is 267 Å². The molecule has 410 valence electrons. The van der Waals surface area contributed by atoms with Crippen LogP contribution in [0.15, 0.2) is 72.9 Å². The number of ether oxygens (including phenoxy) is 3. The number of hydrogen-bond donors (Lipinski definition) is 0. The molecule has 1 unspecified atom stereocenters. The van der Waals surface area contributed by atoms with E-state index >= 15 is 0 Å². The van der Waals surface area contributed by atoms with E-state index in [2.05, 4.69) is 93.7 Å². The summed E-state index contributed by atoms with van der Waals surface area (Å²) in [5, 5.41) is 0. The fourth-order valence-corrected chi connectivity index (χ4v) is 8.64. The Balaban J connectivity index is 4.16. The monoisotopic (exact) mass is 991 g/mol. The summed E-state index contributed by atoms with van der Waals surface area (Å²) in [7, 11) is 0. The number of rotatable bonds is 55. The molecule has 0 N–H and O–H groups in total. The topological polar surface area (TPSA) is 78.9 Å². The van der Waals surface area contributed by atoms with Gasteiger partial charge in [-0.2, -0.15) is 0 Å². The molecule has 71 heavy (non-hydrogen) atoms. The summed E-state index contributed by atoms with van der Waals surface area (Å²) in [4.78, 5) is 38.1. The maximum absolute atomic E-state index is 12.8. The Morgan fingerprint density at radius 2 is 0.549 bits per heavy atom. The first-order valence-electron chi connectivity index (χ1n) is 30.4. The van der Waals surface area contributed by atoms with Crippen molar-refractivity contribution in [3.05, 3.63) is 72.9 Å². The number of carbonyl (C=O) groups excluding carboxylic acids is 3. The largest absolute Gasteiger partial charge is 0.462 e.